The number of aromatic nitrogens is 1. The molecule has 0 aliphatic carbocycles. The van der Waals surface area contributed by atoms with E-state index in [1.165, 1.54) is 12.3 Å². The summed E-state index contributed by atoms with van der Waals surface area (Å²) in [5.74, 6) is -1.06. The molecule has 0 radical (unpaired) electrons. The van der Waals surface area contributed by atoms with Crippen molar-refractivity contribution < 1.29 is 9.90 Å². The highest BCUT2D eigenvalue weighted by atomic mass is 79.9. The first kappa shape index (κ1) is 10.7. The molecule has 0 bridgehead atoms. The first-order valence-corrected chi connectivity index (χ1v) is 4.56. The summed E-state index contributed by atoms with van der Waals surface area (Å²) in [6, 6.07) is 1.45. The van der Waals surface area contributed by atoms with Crippen molar-refractivity contribution in [3.63, 3.8) is 0 Å². The number of carbonyl (C=O) groups is 1. The molecule has 0 aliphatic heterocycles. The summed E-state index contributed by atoms with van der Waals surface area (Å²) >= 11 is 3.19. The third-order valence-corrected chi connectivity index (χ3v) is 2.09. The van der Waals surface area contributed by atoms with E-state index < -0.39 is 5.97 Å². The molecule has 1 N–H and O–H groups in total. The number of hydrogen-bond acceptors (Lipinski definition) is 2. The molecule has 0 aliphatic rings. The fourth-order valence-corrected chi connectivity index (χ4v) is 1.32. The summed E-state index contributed by atoms with van der Waals surface area (Å²) in [4.78, 5) is 14.4. The lowest BCUT2D eigenvalue weighted by Crippen LogP contribution is -2.01. The molecule has 14 heavy (non-hydrogen) atoms. The molecular formula is C10H8BrNO2. The zero-order chi connectivity index (χ0) is 10.7. The zero-order valence-corrected chi connectivity index (χ0v) is 8.91. The van der Waals surface area contributed by atoms with E-state index in [-0.39, 0.29) is 5.69 Å². The third-order valence-electron chi connectivity index (χ3n) is 1.67. The van der Waals surface area contributed by atoms with Crippen molar-refractivity contribution in [3.8, 4) is 0 Å². The molecule has 0 unspecified atom stereocenters. The highest BCUT2D eigenvalue weighted by molar-refractivity contribution is 9.15. The molecule has 0 fully saturated rings. The topological polar surface area (TPSA) is 50.2 Å². The monoisotopic (exact) mass is 253 g/mol. The van der Waals surface area contributed by atoms with Crippen molar-refractivity contribution in [2.45, 2.75) is 0 Å². The molecule has 0 aromatic carbocycles. The number of carboxylic acids is 1. The quantitative estimate of drug-likeness (QED) is 0.902. The lowest BCUT2D eigenvalue weighted by molar-refractivity contribution is 0.0690. The Morgan fingerprint density at radius 1 is 1.64 bits per heavy atom. The maximum absolute atomic E-state index is 10.6. The van der Waals surface area contributed by atoms with Crippen LogP contribution in [0.5, 0.6) is 0 Å². The second-order valence-corrected chi connectivity index (χ2v) is 3.53. The average molecular weight is 254 g/mol. The van der Waals surface area contributed by atoms with E-state index in [9.17, 15) is 4.79 Å². The molecule has 3 nitrogen and oxygen atoms in total. The van der Waals surface area contributed by atoms with Gasteiger partial charge in [-0.1, -0.05) is 35.2 Å². The van der Waals surface area contributed by atoms with Gasteiger partial charge in [-0.25, -0.2) is 9.78 Å². The Morgan fingerprint density at radius 2 is 2.29 bits per heavy atom. The van der Waals surface area contributed by atoms with Crippen molar-refractivity contribution in [2.24, 2.45) is 0 Å². The highest BCUT2D eigenvalue weighted by Crippen LogP contribution is 2.23. The van der Waals surface area contributed by atoms with Crippen molar-refractivity contribution in [1.82, 2.24) is 4.98 Å². The molecule has 0 saturated carbocycles. The van der Waals surface area contributed by atoms with Crippen molar-refractivity contribution in [1.29, 1.82) is 0 Å². The Bertz CT molecular complexity index is 413. The summed E-state index contributed by atoms with van der Waals surface area (Å²) in [5, 5.41) is 8.72. The number of carboxylic acid groups (broad SMARTS) is 1. The average Bonchev–Trinajstić information content (AvgIpc) is 2.16. The van der Waals surface area contributed by atoms with Crippen molar-refractivity contribution >= 4 is 32.5 Å². The number of hydrogen-bond donors (Lipinski definition) is 1. The standard InChI is InChI=1S/C10H8BrNO2/c1-3-7-5-12-9(10(13)14)4-8(7)6(2)11/h3-5H,1-2H2,(H,13,14). The van der Waals surface area contributed by atoms with E-state index in [2.05, 4.69) is 34.1 Å². The molecule has 1 heterocycles. The molecule has 1 aromatic rings. The second-order valence-electron chi connectivity index (χ2n) is 2.57. The molecule has 1 aromatic heterocycles. The first-order chi connectivity index (χ1) is 6.56. The lowest BCUT2D eigenvalue weighted by atomic mass is 10.1. The van der Waals surface area contributed by atoms with Crippen LogP contribution in [-0.4, -0.2) is 16.1 Å². The van der Waals surface area contributed by atoms with E-state index in [1.54, 1.807) is 6.08 Å². The van der Waals surface area contributed by atoms with Gasteiger partial charge in [-0.15, -0.1) is 0 Å². The predicted octanol–water partition coefficient (Wildman–Crippen LogP) is 2.79. The first-order valence-electron chi connectivity index (χ1n) is 3.77. The van der Waals surface area contributed by atoms with Gasteiger partial charge >= 0.3 is 5.97 Å². The van der Waals surface area contributed by atoms with Crippen molar-refractivity contribution in [2.75, 3.05) is 0 Å². The minimum atomic E-state index is -1.06. The normalized spacial score (nSPS) is 9.50. The summed E-state index contributed by atoms with van der Waals surface area (Å²) in [6.07, 6.45) is 3.05. The predicted molar refractivity (Wildman–Crippen MR) is 59.2 cm³/mol. The van der Waals surface area contributed by atoms with Crippen LogP contribution in [0.4, 0.5) is 0 Å². The van der Waals surface area contributed by atoms with Crippen LogP contribution >= 0.6 is 15.9 Å². The summed E-state index contributed by atoms with van der Waals surface area (Å²) in [7, 11) is 0. The fourth-order valence-electron chi connectivity index (χ4n) is 0.980. The van der Waals surface area contributed by atoms with Gasteiger partial charge in [0.25, 0.3) is 0 Å². The summed E-state index contributed by atoms with van der Waals surface area (Å²) in [5.41, 5.74) is 1.43. The second kappa shape index (κ2) is 4.19. The molecule has 0 spiro atoms. The SMILES string of the molecule is C=Cc1cnc(C(=O)O)cc1C(=C)Br. The van der Waals surface area contributed by atoms with Crippen LogP contribution in [0.25, 0.3) is 10.6 Å². The maximum atomic E-state index is 10.6. The van der Waals surface area contributed by atoms with E-state index in [4.69, 9.17) is 5.11 Å². The van der Waals surface area contributed by atoms with Gasteiger partial charge in [0.15, 0.2) is 0 Å². The molecule has 72 valence electrons. The van der Waals surface area contributed by atoms with E-state index in [0.29, 0.717) is 10.0 Å². The molecular weight excluding hydrogens is 246 g/mol. The van der Waals surface area contributed by atoms with Crippen LogP contribution in [0.2, 0.25) is 0 Å². The maximum Gasteiger partial charge on any atom is 0.354 e. The van der Waals surface area contributed by atoms with Gasteiger partial charge in [-0.3, -0.25) is 0 Å². The highest BCUT2D eigenvalue weighted by Gasteiger charge is 2.09. The lowest BCUT2D eigenvalue weighted by Gasteiger charge is -2.04. The van der Waals surface area contributed by atoms with E-state index in [1.807, 2.05) is 0 Å². The molecule has 0 atom stereocenters. The Kier molecular flexibility index (Phi) is 3.19. The summed E-state index contributed by atoms with van der Waals surface area (Å²) < 4.78 is 0.609. The van der Waals surface area contributed by atoms with E-state index >= 15 is 0 Å². The molecule has 0 amide bonds. The minimum Gasteiger partial charge on any atom is -0.477 e. The van der Waals surface area contributed by atoms with Gasteiger partial charge in [0.2, 0.25) is 0 Å². The minimum absolute atomic E-state index is 0.00815. The summed E-state index contributed by atoms with van der Waals surface area (Å²) in [6.45, 7) is 7.28. The Hall–Kier alpha value is -1.42. The van der Waals surface area contributed by atoms with Gasteiger partial charge in [-0.05, 0) is 11.6 Å². The molecule has 4 heteroatoms. The fraction of sp³-hybridized carbons (Fsp3) is 0. The van der Waals surface area contributed by atoms with Gasteiger partial charge in [0, 0.05) is 16.2 Å². The van der Waals surface area contributed by atoms with Crippen LogP contribution in [0.3, 0.4) is 0 Å². The molecule has 0 saturated heterocycles. The van der Waals surface area contributed by atoms with Crippen LogP contribution in [0.1, 0.15) is 21.6 Å². The van der Waals surface area contributed by atoms with Gasteiger partial charge in [0.1, 0.15) is 5.69 Å². The van der Waals surface area contributed by atoms with Gasteiger partial charge in [0.05, 0.1) is 0 Å². The zero-order valence-electron chi connectivity index (χ0n) is 7.33. The van der Waals surface area contributed by atoms with E-state index in [0.717, 1.165) is 5.56 Å². The van der Waals surface area contributed by atoms with Crippen LogP contribution < -0.4 is 0 Å². The largest absolute Gasteiger partial charge is 0.477 e. The number of rotatable bonds is 3. The Balaban J connectivity index is 3.34. The van der Waals surface area contributed by atoms with Gasteiger partial charge < -0.3 is 5.11 Å². The van der Waals surface area contributed by atoms with Crippen LogP contribution in [0.15, 0.2) is 25.4 Å². The van der Waals surface area contributed by atoms with Gasteiger partial charge in [-0.2, -0.15) is 0 Å². The smallest absolute Gasteiger partial charge is 0.354 e. The number of halogens is 1. The van der Waals surface area contributed by atoms with Crippen molar-refractivity contribution in [3.05, 3.63) is 42.2 Å². The Labute approximate surface area is 89.9 Å². The number of nitrogens with zero attached hydrogens (tertiary/aromatic N) is 1. The number of aromatic carboxylic acids is 1. The molecule has 1 rings (SSSR count). The number of pyridine rings is 1. The van der Waals surface area contributed by atoms with Crippen LogP contribution in [0, 0.1) is 0 Å². The van der Waals surface area contributed by atoms with Crippen LogP contribution in [-0.2, 0) is 0 Å². The third kappa shape index (κ3) is 2.09. The Morgan fingerprint density at radius 3 is 2.71 bits per heavy atom.